The summed E-state index contributed by atoms with van der Waals surface area (Å²) >= 11 is 0. The maximum Gasteiger partial charge on any atom is 0.233 e. The number of imide groups is 1. The topological polar surface area (TPSA) is 66.5 Å². The number of amides is 3. The molecule has 5 heteroatoms. The van der Waals surface area contributed by atoms with E-state index >= 15 is 0 Å². The van der Waals surface area contributed by atoms with Crippen molar-refractivity contribution in [1.82, 2.24) is 4.90 Å². The number of fused-ring (bicyclic) bond motifs is 1. The lowest BCUT2D eigenvalue weighted by atomic mass is 9.63. The van der Waals surface area contributed by atoms with E-state index in [1.54, 1.807) is 0 Å². The van der Waals surface area contributed by atoms with Gasteiger partial charge in [0.25, 0.3) is 0 Å². The summed E-state index contributed by atoms with van der Waals surface area (Å²) < 4.78 is 0. The van der Waals surface area contributed by atoms with Crippen LogP contribution in [0.15, 0.2) is 54.6 Å². The summed E-state index contributed by atoms with van der Waals surface area (Å²) in [5.74, 6) is 0.938. The van der Waals surface area contributed by atoms with Gasteiger partial charge in [0.15, 0.2) is 0 Å². The average molecular weight is 386 g/mol. The summed E-state index contributed by atoms with van der Waals surface area (Å²) in [5, 5.41) is 4.98. The number of allylic oxidation sites excluding steroid dienone is 2. The summed E-state index contributed by atoms with van der Waals surface area (Å²) in [6.45, 7) is 0.163. The first kappa shape index (κ1) is 17.0. The maximum atomic E-state index is 13.0. The monoisotopic (exact) mass is 386 g/mol. The van der Waals surface area contributed by atoms with Crippen LogP contribution in [0.4, 0.5) is 5.69 Å². The molecule has 1 saturated heterocycles. The summed E-state index contributed by atoms with van der Waals surface area (Å²) in [7, 11) is 0. The van der Waals surface area contributed by atoms with Crippen molar-refractivity contribution < 1.29 is 14.4 Å². The van der Waals surface area contributed by atoms with Crippen molar-refractivity contribution in [3.8, 4) is 0 Å². The minimum absolute atomic E-state index is 0.0670. The zero-order chi connectivity index (χ0) is 19.7. The Kier molecular flexibility index (Phi) is 3.52. The molecule has 146 valence electrons. The Bertz CT molecular complexity index is 1050. The predicted molar refractivity (Wildman–Crippen MR) is 109 cm³/mol. The first-order valence-corrected chi connectivity index (χ1v) is 10.4. The molecule has 5 aliphatic rings. The highest BCUT2D eigenvalue weighted by Crippen LogP contribution is 2.65. The average Bonchev–Trinajstić information content (AvgIpc) is 3.52. The Hall–Kier alpha value is -2.95. The second-order valence-electron chi connectivity index (χ2n) is 8.81. The van der Waals surface area contributed by atoms with Gasteiger partial charge in [-0.15, -0.1) is 0 Å². The molecule has 2 aromatic rings. The highest BCUT2D eigenvalue weighted by Gasteiger charge is 2.66. The normalized spacial score (nSPS) is 33.7. The van der Waals surface area contributed by atoms with Gasteiger partial charge in [-0.2, -0.15) is 0 Å². The molecule has 3 fully saturated rings. The van der Waals surface area contributed by atoms with Gasteiger partial charge in [0.1, 0.15) is 0 Å². The van der Waals surface area contributed by atoms with Crippen LogP contribution < -0.4 is 5.32 Å². The Morgan fingerprint density at radius 1 is 0.931 bits per heavy atom. The Morgan fingerprint density at radius 2 is 1.59 bits per heavy atom. The van der Waals surface area contributed by atoms with Gasteiger partial charge in [-0.3, -0.25) is 19.3 Å². The number of benzene rings is 2. The molecular formula is C24H22N2O3. The number of nitrogens with zero attached hydrogens (tertiary/aromatic N) is 1. The van der Waals surface area contributed by atoms with Gasteiger partial charge in [-0.05, 0) is 41.5 Å². The van der Waals surface area contributed by atoms with Crippen LogP contribution in [-0.2, 0) is 14.4 Å². The maximum absolute atomic E-state index is 13.0. The molecule has 5 nitrogen and oxygen atoms in total. The standard InChI is InChI=1S/C24H22N2O3/c27-20(25-19-7-3-5-13-4-1-2-6-14(13)19)10-11-26-23(28)21-15-8-9-16(18-12-17(15)18)22(21)24(26)29/h1-9,15-18,21-22H,10-12H2,(H,25,27). The largest absolute Gasteiger partial charge is 0.325 e. The van der Waals surface area contributed by atoms with Crippen LogP contribution in [0.3, 0.4) is 0 Å². The molecule has 1 aliphatic heterocycles. The molecule has 0 radical (unpaired) electrons. The fourth-order valence-corrected chi connectivity index (χ4v) is 6.00. The van der Waals surface area contributed by atoms with Crippen LogP contribution >= 0.6 is 0 Å². The molecule has 2 saturated carbocycles. The molecule has 0 aromatic heterocycles. The van der Waals surface area contributed by atoms with Crippen LogP contribution in [-0.4, -0.2) is 29.2 Å². The molecule has 2 bridgehead atoms. The second-order valence-corrected chi connectivity index (χ2v) is 8.81. The van der Waals surface area contributed by atoms with E-state index in [-0.39, 0.29) is 54.4 Å². The van der Waals surface area contributed by atoms with E-state index in [1.807, 2.05) is 42.5 Å². The summed E-state index contributed by atoms with van der Waals surface area (Å²) in [6, 6.07) is 13.7. The van der Waals surface area contributed by atoms with Crippen molar-refractivity contribution in [3.05, 3.63) is 54.6 Å². The van der Waals surface area contributed by atoms with E-state index in [0.29, 0.717) is 11.8 Å². The van der Waals surface area contributed by atoms with Crippen molar-refractivity contribution in [1.29, 1.82) is 0 Å². The molecule has 29 heavy (non-hydrogen) atoms. The van der Waals surface area contributed by atoms with Gasteiger partial charge in [-0.1, -0.05) is 48.6 Å². The highest BCUT2D eigenvalue weighted by molar-refractivity contribution is 6.07. The first-order chi connectivity index (χ1) is 14.1. The van der Waals surface area contributed by atoms with Gasteiger partial charge < -0.3 is 5.32 Å². The molecule has 3 amide bonds. The third-order valence-corrected chi connectivity index (χ3v) is 7.38. The summed E-state index contributed by atoms with van der Waals surface area (Å²) in [6.07, 6.45) is 5.61. The van der Waals surface area contributed by atoms with Crippen LogP contribution in [0.1, 0.15) is 12.8 Å². The number of hydrogen-bond acceptors (Lipinski definition) is 3. The molecule has 1 heterocycles. The van der Waals surface area contributed by atoms with E-state index in [9.17, 15) is 14.4 Å². The third-order valence-electron chi connectivity index (χ3n) is 7.38. The lowest BCUT2D eigenvalue weighted by Gasteiger charge is -2.37. The third kappa shape index (κ3) is 2.43. The minimum atomic E-state index is -0.192. The van der Waals surface area contributed by atoms with E-state index in [2.05, 4.69) is 17.5 Å². The van der Waals surface area contributed by atoms with Crippen molar-refractivity contribution in [2.45, 2.75) is 12.8 Å². The van der Waals surface area contributed by atoms with Crippen LogP contribution in [0.2, 0.25) is 0 Å². The molecule has 4 aliphatic carbocycles. The van der Waals surface area contributed by atoms with Crippen molar-refractivity contribution >= 4 is 34.2 Å². The number of nitrogens with one attached hydrogen (secondary N) is 1. The van der Waals surface area contributed by atoms with Crippen molar-refractivity contribution in [3.63, 3.8) is 0 Å². The van der Waals surface area contributed by atoms with Gasteiger partial charge >= 0.3 is 0 Å². The highest BCUT2D eigenvalue weighted by atomic mass is 16.2. The van der Waals surface area contributed by atoms with Crippen molar-refractivity contribution in [2.24, 2.45) is 35.5 Å². The molecule has 0 spiro atoms. The fraction of sp³-hybridized carbons (Fsp3) is 0.375. The van der Waals surface area contributed by atoms with Crippen LogP contribution in [0.25, 0.3) is 10.8 Å². The SMILES string of the molecule is O=C(CCN1C(=O)C2C3C=CC(C4CC34)C2C1=O)Nc1cccc2ccccc12. The van der Waals surface area contributed by atoms with E-state index < -0.39 is 0 Å². The molecule has 1 N–H and O–H groups in total. The lowest BCUT2D eigenvalue weighted by molar-refractivity contribution is -0.140. The van der Waals surface area contributed by atoms with Gasteiger partial charge in [0.05, 0.1) is 11.8 Å². The zero-order valence-corrected chi connectivity index (χ0v) is 16.0. The molecule has 2 aromatic carbocycles. The molecule has 7 rings (SSSR count). The number of anilines is 1. The fourth-order valence-electron chi connectivity index (χ4n) is 6.00. The van der Waals surface area contributed by atoms with E-state index in [1.165, 1.54) is 4.90 Å². The lowest BCUT2D eigenvalue weighted by Crippen LogP contribution is -2.40. The van der Waals surface area contributed by atoms with Gasteiger partial charge in [0.2, 0.25) is 17.7 Å². The number of likely N-dealkylation sites (tertiary alicyclic amines) is 1. The first-order valence-electron chi connectivity index (χ1n) is 10.4. The number of carbonyl (C=O) groups excluding carboxylic acids is 3. The van der Waals surface area contributed by atoms with Gasteiger partial charge in [-0.25, -0.2) is 0 Å². The Labute approximate surface area is 168 Å². The summed E-state index contributed by atoms with van der Waals surface area (Å²) in [5.41, 5.74) is 0.753. The quantitative estimate of drug-likeness (QED) is 0.648. The Morgan fingerprint density at radius 3 is 2.31 bits per heavy atom. The van der Waals surface area contributed by atoms with E-state index in [0.717, 1.165) is 22.9 Å². The number of carbonyl (C=O) groups is 3. The summed E-state index contributed by atoms with van der Waals surface area (Å²) in [4.78, 5) is 39.9. The van der Waals surface area contributed by atoms with E-state index in [4.69, 9.17) is 0 Å². The zero-order valence-electron chi connectivity index (χ0n) is 16.0. The minimum Gasteiger partial charge on any atom is -0.325 e. The second kappa shape index (κ2) is 6.02. The number of hydrogen-bond donors (Lipinski definition) is 1. The molecule has 6 unspecified atom stereocenters. The van der Waals surface area contributed by atoms with Crippen LogP contribution in [0, 0.1) is 35.5 Å². The predicted octanol–water partition coefficient (Wildman–Crippen LogP) is 3.22. The van der Waals surface area contributed by atoms with Crippen LogP contribution in [0.5, 0.6) is 0 Å². The smallest absolute Gasteiger partial charge is 0.233 e. The van der Waals surface area contributed by atoms with Gasteiger partial charge in [0, 0.05) is 24.0 Å². The molecule has 6 atom stereocenters. The molecular weight excluding hydrogens is 364 g/mol. The Balaban J connectivity index is 1.15. The van der Waals surface area contributed by atoms with Crippen molar-refractivity contribution in [2.75, 3.05) is 11.9 Å². The number of rotatable bonds is 4.